The largest absolute Gasteiger partial charge is 0.354 e. The highest BCUT2D eigenvalue weighted by Gasteiger charge is 2.34. The van der Waals surface area contributed by atoms with Gasteiger partial charge in [0, 0.05) is 6.54 Å². The normalized spacial score (nSPS) is 37.2. The van der Waals surface area contributed by atoms with Crippen LogP contribution in [0.4, 0.5) is 0 Å². The smallest absolute Gasteiger partial charge is 0.240 e. The summed E-state index contributed by atoms with van der Waals surface area (Å²) in [5.41, 5.74) is -0.323. The zero-order valence-corrected chi connectivity index (χ0v) is 11.9. The Balaban J connectivity index is 1.80. The lowest BCUT2D eigenvalue weighted by molar-refractivity contribution is -0.128. The van der Waals surface area contributed by atoms with Crippen molar-refractivity contribution in [2.75, 3.05) is 13.1 Å². The topological polar surface area (TPSA) is 41.1 Å². The molecule has 2 aliphatic rings. The Morgan fingerprint density at radius 1 is 1.28 bits per heavy atom. The van der Waals surface area contributed by atoms with Crippen molar-refractivity contribution in [2.45, 2.75) is 64.3 Å². The first-order valence-corrected chi connectivity index (χ1v) is 7.65. The van der Waals surface area contributed by atoms with Gasteiger partial charge in [0.2, 0.25) is 5.91 Å². The zero-order valence-electron chi connectivity index (χ0n) is 11.9. The molecule has 0 aromatic rings. The van der Waals surface area contributed by atoms with Crippen molar-refractivity contribution in [2.24, 2.45) is 11.8 Å². The van der Waals surface area contributed by atoms with Gasteiger partial charge in [0.1, 0.15) is 0 Å². The van der Waals surface area contributed by atoms with Crippen LogP contribution in [0, 0.1) is 11.8 Å². The molecule has 0 spiro atoms. The second-order valence-electron chi connectivity index (χ2n) is 6.45. The molecule has 1 aliphatic heterocycles. The van der Waals surface area contributed by atoms with E-state index >= 15 is 0 Å². The molecule has 3 heteroatoms. The van der Waals surface area contributed by atoms with Crippen LogP contribution < -0.4 is 10.6 Å². The second-order valence-corrected chi connectivity index (χ2v) is 6.45. The minimum Gasteiger partial charge on any atom is -0.354 e. The van der Waals surface area contributed by atoms with Gasteiger partial charge in [0.25, 0.3) is 0 Å². The minimum absolute atomic E-state index is 0.208. The van der Waals surface area contributed by atoms with Crippen molar-refractivity contribution < 1.29 is 4.79 Å². The van der Waals surface area contributed by atoms with Crippen LogP contribution >= 0.6 is 0 Å². The fraction of sp³-hybridized carbons (Fsp3) is 0.933. The van der Waals surface area contributed by atoms with E-state index in [-0.39, 0.29) is 11.4 Å². The Morgan fingerprint density at radius 2 is 2.06 bits per heavy atom. The van der Waals surface area contributed by atoms with Gasteiger partial charge >= 0.3 is 0 Å². The fourth-order valence-corrected chi connectivity index (χ4v) is 3.37. The van der Waals surface area contributed by atoms with Gasteiger partial charge in [-0.3, -0.25) is 4.79 Å². The summed E-state index contributed by atoms with van der Waals surface area (Å²) in [4.78, 5) is 12.3. The van der Waals surface area contributed by atoms with E-state index in [2.05, 4.69) is 17.6 Å². The molecule has 104 valence electrons. The maximum Gasteiger partial charge on any atom is 0.240 e. The van der Waals surface area contributed by atoms with Gasteiger partial charge in [0.15, 0.2) is 0 Å². The van der Waals surface area contributed by atoms with Crippen LogP contribution in [0.25, 0.3) is 0 Å². The van der Waals surface area contributed by atoms with Crippen molar-refractivity contribution in [3.05, 3.63) is 0 Å². The van der Waals surface area contributed by atoms with E-state index in [1.54, 1.807) is 0 Å². The zero-order chi connectivity index (χ0) is 13.0. The predicted octanol–water partition coefficient (Wildman–Crippen LogP) is 2.46. The van der Waals surface area contributed by atoms with E-state index in [1.165, 1.54) is 32.1 Å². The monoisotopic (exact) mass is 252 g/mol. The molecule has 1 amide bonds. The lowest BCUT2D eigenvalue weighted by Gasteiger charge is -2.35. The number of carbonyl (C=O) groups is 1. The van der Waals surface area contributed by atoms with Crippen LogP contribution in [0.1, 0.15) is 58.8 Å². The molecule has 3 atom stereocenters. The molecule has 0 aromatic heterocycles. The Kier molecular flexibility index (Phi) is 4.66. The van der Waals surface area contributed by atoms with Gasteiger partial charge in [-0.15, -0.1) is 0 Å². The standard InChI is InChI=1S/C15H28N2O/c1-12-7-3-4-8-13(12)11-16-14(18)15(2)9-5-6-10-17-15/h12-13,17H,3-11H2,1-2H3,(H,16,18). The summed E-state index contributed by atoms with van der Waals surface area (Å²) in [5, 5.41) is 6.57. The third-order valence-corrected chi connectivity index (χ3v) is 4.93. The number of nitrogens with one attached hydrogen (secondary N) is 2. The van der Waals surface area contributed by atoms with Gasteiger partial charge in [0.05, 0.1) is 5.54 Å². The van der Waals surface area contributed by atoms with Crippen LogP contribution in [0.15, 0.2) is 0 Å². The van der Waals surface area contributed by atoms with Gasteiger partial charge < -0.3 is 10.6 Å². The van der Waals surface area contributed by atoms with E-state index in [4.69, 9.17) is 0 Å². The van der Waals surface area contributed by atoms with Crippen LogP contribution in [0.3, 0.4) is 0 Å². The quantitative estimate of drug-likeness (QED) is 0.810. The summed E-state index contributed by atoms with van der Waals surface area (Å²) < 4.78 is 0. The highest BCUT2D eigenvalue weighted by atomic mass is 16.2. The summed E-state index contributed by atoms with van der Waals surface area (Å²) in [6, 6.07) is 0. The molecule has 2 fully saturated rings. The average Bonchev–Trinajstić information content (AvgIpc) is 2.38. The van der Waals surface area contributed by atoms with Crippen LogP contribution in [-0.2, 0) is 4.79 Å². The molecular formula is C15H28N2O. The first kappa shape index (κ1) is 13.9. The van der Waals surface area contributed by atoms with Crippen LogP contribution in [0.5, 0.6) is 0 Å². The van der Waals surface area contributed by atoms with Gasteiger partial charge in [-0.25, -0.2) is 0 Å². The van der Waals surface area contributed by atoms with Gasteiger partial charge in [-0.1, -0.05) is 26.2 Å². The van der Waals surface area contributed by atoms with E-state index in [0.29, 0.717) is 5.92 Å². The molecule has 2 rings (SSSR count). The molecule has 1 saturated carbocycles. The summed E-state index contributed by atoms with van der Waals surface area (Å²) >= 11 is 0. The fourth-order valence-electron chi connectivity index (χ4n) is 3.37. The summed E-state index contributed by atoms with van der Waals surface area (Å²) in [6.45, 7) is 6.23. The molecule has 3 unspecified atom stereocenters. The van der Waals surface area contributed by atoms with E-state index < -0.39 is 0 Å². The van der Waals surface area contributed by atoms with E-state index in [0.717, 1.165) is 31.8 Å². The Bertz CT molecular complexity index is 284. The minimum atomic E-state index is -0.323. The molecule has 18 heavy (non-hydrogen) atoms. The molecule has 0 radical (unpaired) electrons. The van der Waals surface area contributed by atoms with Crippen molar-refractivity contribution in [1.82, 2.24) is 10.6 Å². The third-order valence-electron chi connectivity index (χ3n) is 4.93. The number of amides is 1. The Hall–Kier alpha value is -0.570. The predicted molar refractivity (Wildman–Crippen MR) is 74.4 cm³/mol. The maximum atomic E-state index is 12.3. The molecule has 2 N–H and O–H groups in total. The molecule has 1 heterocycles. The van der Waals surface area contributed by atoms with Gasteiger partial charge in [-0.05, 0) is 51.0 Å². The number of hydrogen-bond acceptors (Lipinski definition) is 2. The molecule has 0 bridgehead atoms. The van der Waals surface area contributed by atoms with Crippen molar-refractivity contribution >= 4 is 5.91 Å². The van der Waals surface area contributed by atoms with Gasteiger partial charge in [-0.2, -0.15) is 0 Å². The van der Waals surface area contributed by atoms with Crippen LogP contribution in [-0.4, -0.2) is 24.5 Å². The SMILES string of the molecule is CC1CCCCC1CNC(=O)C1(C)CCCCN1. The Morgan fingerprint density at radius 3 is 2.72 bits per heavy atom. The van der Waals surface area contributed by atoms with E-state index in [1.807, 2.05) is 6.92 Å². The van der Waals surface area contributed by atoms with Crippen molar-refractivity contribution in [1.29, 1.82) is 0 Å². The average molecular weight is 252 g/mol. The molecule has 0 aromatic carbocycles. The third kappa shape index (κ3) is 3.25. The molecular weight excluding hydrogens is 224 g/mol. The maximum absolute atomic E-state index is 12.3. The first-order chi connectivity index (χ1) is 8.62. The number of carbonyl (C=O) groups excluding carboxylic acids is 1. The molecule has 1 saturated heterocycles. The van der Waals surface area contributed by atoms with Crippen molar-refractivity contribution in [3.63, 3.8) is 0 Å². The highest BCUT2D eigenvalue weighted by molar-refractivity contribution is 5.85. The lowest BCUT2D eigenvalue weighted by Crippen LogP contribution is -2.57. The Labute approximate surface area is 111 Å². The number of piperidine rings is 1. The molecule has 3 nitrogen and oxygen atoms in total. The van der Waals surface area contributed by atoms with E-state index in [9.17, 15) is 4.79 Å². The first-order valence-electron chi connectivity index (χ1n) is 7.65. The lowest BCUT2D eigenvalue weighted by atomic mass is 9.80. The number of hydrogen-bond donors (Lipinski definition) is 2. The summed E-state index contributed by atoms with van der Waals surface area (Å²) in [6.07, 6.45) is 8.64. The second kappa shape index (κ2) is 6.05. The van der Waals surface area contributed by atoms with Crippen LogP contribution in [0.2, 0.25) is 0 Å². The number of rotatable bonds is 3. The summed E-state index contributed by atoms with van der Waals surface area (Å²) in [5.74, 6) is 1.67. The molecule has 1 aliphatic carbocycles. The highest BCUT2D eigenvalue weighted by Crippen LogP contribution is 2.29. The van der Waals surface area contributed by atoms with Crippen molar-refractivity contribution in [3.8, 4) is 0 Å². The summed E-state index contributed by atoms with van der Waals surface area (Å²) in [7, 11) is 0.